The molecule has 0 aliphatic carbocycles. The average molecular weight is 619 g/mol. The van der Waals surface area contributed by atoms with Crippen molar-refractivity contribution in [3.63, 3.8) is 0 Å². The van der Waals surface area contributed by atoms with Gasteiger partial charge in [-0.2, -0.15) is 0 Å². The zero-order chi connectivity index (χ0) is 32.1. The molecule has 3 unspecified atom stereocenters. The van der Waals surface area contributed by atoms with Gasteiger partial charge in [-0.25, -0.2) is 0 Å². The van der Waals surface area contributed by atoms with Gasteiger partial charge in [-0.3, -0.25) is 9.59 Å². The van der Waals surface area contributed by atoms with Crippen LogP contribution < -0.4 is 0 Å². The Morgan fingerprint density at radius 2 is 1.20 bits per heavy atom. The number of aliphatic hydroxyl groups is 1. The van der Waals surface area contributed by atoms with Crippen molar-refractivity contribution in [2.75, 3.05) is 13.2 Å². The lowest BCUT2D eigenvalue weighted by Gasteiger charge is -2.12. The molecule has 0 aromatic rings. The lowest BCUT2D eigenvalue weighted by molar-refractivity contribution is -0.152. The first kappa shape index (κ1) is 40.1. The molecule has 1 aliphatic rings. The van der Waals surface area contributed by atoms with Gasteiger partial charge in [0.1, 0.15) is 19.3 Å². The number of unbranched alkanes of at least 4 members (excludes halogenated alkanes) is 11. The van der Waals surface area contributed by atoms with Crippen LogP contribution in [0.5, 0.6) is 0 Å². The minimum atomic E-state index is -0.989. The van der Waals surface area contributed by atoms with E-state index in [0.29, 0.717) is 31.5 Å². The van der Waals surface area contributed by atoms with E-state index in [4.69, 9.17) is 14.2 Å². The van der Waals surface area contributed by atoms with E-state index in [0.717, 1.165) is 50.9 Å². The fourth-order valence-electron chi connectivity index (χ4n) is 5.04. The lowest BCUT2D eigenvalue weighted by Crippen LogP contribution is -2.25. The summed E-state index contributed by atoms with van der Waals surface area (Å²) in [5.41, 5.74) is 0. The summed E-state index contributed by atoms with van der Waals surface area (Å²) in [6.07, 6.45) is 35.1. The number of epoxide rings is 1. The van der Waals surface area contributed by atoms with Gasteiger partial charge in [-0.15, -0.1) is 0 Å². The van der Waals surface area contributed by atoms with E-state index in [1.165, 1.54) is 70.6 Å². The molecule has 6 heteroatoms. The molecule has 0 amide bonds. The second-order valence-electron chi connectivity index (χ2n) is 12.6. The highest BCUT2D eigenvalue weighted by Gasteiger charge is 2.35. The summed E-state index contributed by atoms with van der Waals surface area (Å²) < 4.78 is 16.0. The van der Waals surface area contributed by atoms with Crippen LogP contribution in [-0.4, -0.2) is 48.6 Å². The Balaban J connectivity index is 1.90. The Kier molecular flexibility index (Phi) is 26.0. The predicted molar refractivity (Wildman–Crippen MR) is 181 cm³/mol. The Morgan fingerprint density at radius 3 is 1.84 bits per heavy atom. The maximum absolute atomic E-state index is 11.9. The van der Waals surface area contributed by atoms with E-state index in [2.05, 4.69) is 57.2 Å². The number of hydrogen-bond acceptors (Lipinski definition) is 6. The maximum atomic E-state index is 11.9. The van der Waals surface area contributed by atoms with Crippen molar-refractivity contribution >= 4 is 11.9 Å². The van der Waals surface area contributed by atoms with Crippen LogP contribution in [0, 0.1) is 5.92 Å². The molecule has 1 heterocycles. The summed E-state index contributed by atoms with van der Waals surface area (Å²) in [5.74, 6) is 0.215. The normalized spacial score (nSPS) is 17.9. The number of ether oxygens (including phenoxy) is 3. The van der Waals surface area contributed by atoms with Crippen LogP contribution in [0.3, 0.4) is 0 Å². The second-order valence-corrected chi connectivity index (χ2v) is 12.6. The van der Waals surface area contributed by atoms with Crippen molar-refractivity contribution in [3.8, 4) is 0 Å². The molecule has 254 valence electrons. The fraction of sp³-hybridized carbons (Fsp3) is 0.789. The topological polar surface area (TPSA) is 85.4 Å². The number of carbonyl (C=O) groups is 2. The van der Waals surface area contributed by atoms with Crippen LogP contribution >= 0.6 is 0 Å². The molecule has 0 saturated carbocycles. The number of allylic oxidation sites excluding steroid dienone is 4. The second kappa shape index (κ2) is 28.5. The van der Waals surface area contributed by atoms with E-state index in [1.807, 2.05) is 0 Å². The first-order valence-electron chi connectivity index (χ1n) is 18.1. The molecule has 0 spiro atoms. The van der Waals surface area contributed by atoms with Gasteiger partial charge in [0.2, 0.25) is 0 Å². The molecular weight excluding hydrogens is 552 g/mol. The van der Waals surface area contributed by atoms with Crippen LogP contribution in [0.4, 0.5) is 0 Å². The van der Waals surface area contributed by atoms with Crippen LogP contribution in [0.25, 0.3) is 0 Å². The minimum absolute atomic E-state index is 0.137. The van der Waals surface area contributed by atoms with Gasteiger partial charge in [0.15, 0.2) is 0 Å². The van der Waals surface area contributed by atoms with Gasteiger partial charge < -0.3 is 19.3 Å². The number of rotatable bonds is 30. The van der Waals surface area contributed by atoms with E-state index in [9.17, 15) is 14.7 Å². The quantitative estimate of drug-likeness (QED) is 0.0373. The van der Waals surface area contributed by atoms with Crippen LogP contribution in [0.1, 0.15) is 156 Å². The molecule has 0 aromatic heterocycles. The zero-order valence-electron chi connectivity index (χ0n) is 28.5. The molecule has 44 heavy (non-hydrogen) atoms. The van der Waals surface area contributed by atoms with Crippen LogP contribution in [-0.2, 0) is 23.8 Å². The summed E-state index contributed by atoms with van der Waals surface area (Å²) in [6.45, 7) is 6.54. The molecule has 0 radical (unpaired) electrons. The molecular formula is C38H66O6. The monoisotopic (exact) mass is 618 g/mol. The first-order valence-corrected chi connectivity index (χ1v) is 18.1. The maximum Gasteiger partial charge on any atom is 0.305 e. The van der Waals surface area contributed by atoms with Crippen molar-refractivity contribution < 1.29 is 28.9 Å². The fourth-order valence-corrected chi connectivity index (χ4v) is 5.04. The van der Waals surface area contributed by atoms with Gasteiger partial charge in [-0.1, -0.05) is 128 Å². The van der Waals surface area contributed by atoms with Crippen molar-refractivity contribution in [2.45, 2.75) is 174 Å². The molecule has 0 bridgehead atoms. The van der Waals surface area contributed by atoms with Gasteiger partial charge >= 0.3 is 11.9 Å². The Hall–Kier alpha value is -1.92. The molecule has 1 N–H and O–H groups in total. The van der Waals surface area contributed by atoms with Crippen molar-refractivity contribution in [1.82, 2.24) is 0 Å². The van der Waals surface area contributed by atoms with Crippen LogP contribution in [0.15, 0.2) is 36.5 Å². The third kappa shape index (κ3) is 25.4. The van der Waals surface area contributed by atoms with Gasteiger partial charge in [0.25, 0.3) is 0 Å². The van der Waals surface area contributed by atoms with Crippen molar-refractivity contribution in [2.24, 2.45) is 5.92 Å². The summed E-state index contributed by atoms with van der Waals surface area (Å²) in [6, 6.07) is 0. The molecule has 1 fully saturated rings. The third-order valence-electron chi connectivity index (χ3n) is 8.32. The number of aliphatic hydroxyl groups excluding tert-OH is 1. The summed E-state index contributed by atoms with van der Waals surface area (Å²) in [4.78, 5) is 23.9. The number of esters is 2. The number of hydrogen-bond donors (Lipinski definition) is 1. The van der Waals surface area contributed by atoms with E-state index >= 15 is 0 Å². The highest BCUT2D eigenvalue weighted by Crippen LogP contribution is 2.29. The molecule has 1 saturated heterocycles. The Labute approximate surface area is 270 Å². The molecule has 1 aliphatic heterocycles. The van der Waals surface area contributed by atoms with Gasteiger partial charge in [-0.05, 0) is 57.3 Å². The van der Waals surface area contributed by atoms with E-state index in [1.54, 1.807) is 0 Å². The highest BCUT2D eigenvalue weighted by molar-refractivity contribution is 5.69. The van der Waals surface area contributed by atoms with Crippen molar-refractivity contribution in [3.05, 3.63) is 36.5 Å². The Bertz CT molecular complexity index is 788. The molecule has 6 nitrogen and oxygen atoms in total. The lowest BCUT2D eigenvalue weighted by atomic mass is 9.99. The number of carbonyl (C=O) groups excluding carboxylic acids is 2. The highest BCUT2D eigenvalue weighted by atomic mass is 16.6. The summed E-state index contributed by atoms with van der Waals surface area (Å²) in [7, 11) is 0. The smallest absolute Gasteiger partial charge is 0.305 e. The molecule has 1 rings (SSSR count). The zero-order valence-corrected chi connectivity index (χ0v) is 28.5. The Morgan fingerprint density at radius 1 is 0.682 bits per heavy atom. The van der Waals surface area contributed by atoms with E-state index in [-0.39, 0.29) is 25.2 Å². The van der Waals surface area contributed by atoms with Crippen LogP contribution in [0.2, 0.25) is 0 Å². The van der Waals surface area contributed by atoms with E-state index < -0.39 is 6.10 Å². The average Bonchev–Trinajstić information content (AvgIpc) is 3.78. The third-order valence-corrected chi connectivity index (χ3v) is 8.32. The standard InChI is InChI=1S/C38H66O6/c1-4-6-7-8-9-10-14-17-22-27-35-36(44-35)28-23-19-20-25-30-38(41)43-32-34(39)31-42-37(40)29-24-18-15-12-11-13-16-21-26-33(3)5-2/h9-10,17,19,22-23,33-36,39H,4-8,11-16,18,20-21,24-32H2,1-3H3/b10-9-,22-17-,23-19-/t33?,34-,35?,36?/m1/s1. The molecule has 4 atom stereocenters. The van der Waals surface area contributed by atoms with Gasteiger partial charge in [0.05, 0.1) is 12.2 Å². The van der Waals surface area contributed by atoms with Gasteiger partial charge in [0, 0.05) is 12.8 Å². The molecule has 0 aromatic carbocycles. The predicted octanol–water partition coefficient (Wildman–Crippen LogP) is 9.74. The summed E-state index contributed by atoms with van der Waals surface area (Å²) in [5, 5.41) is 9.99. The largest absolute Gasteiger partial charge is 0.463 e. The van der Waals surface area contributed by atoms with Crippen molar-refractivity contribution in [1.29, 1.82) is 0 Å². The summed E-state index contributed by atoms with van der Waals surface area (Å²) >= 11 is 0. The minimum Gasteiger partial charge on any atom is -0.463 e. The first-order chi connectivity index (χ1) is 21.5. The SMILES string of the molecule is CCCCC/C=C\C/C=C\CC1OC1C/C=C\CCCC(=O)OC[C@H](O)COC(=O)CCCCCCCCCCC(C)CC.